The lowest BCUT2D eigenvalue weighted by molar-refractivity contribution is 0.0698. The maximum Gasteiger partial charge on any atom is 0.339 e. The van der Waals surface area contributed by atoms with E-state index in [2.05, 4.69) is 5.32 Å². The predicted octanol–water partition coefficient (Wildman–Crippen LogP) is 3.74. The molecule has 0 aromatic heterocycles. The number of aromatic carboxylic acids is 1. The number of carboxylic acids is 1. The van der Waals surface area contributed by atoms with Crippen LogP contribution < -0.4 is 5.32 Å². The fourth-order valence-corrected chi connectivity index (χ4v) is 2.13. The number of anilines is 1. The van der Waals surface area contributed by atoms with Crippen molar-refractivity contribution < 1.29 is 19.1 Å². The van der Waals surface area contributed by atoms with E-state index in [1.165, 1.54) is 30.3 Å². The molecule has 21 heavy (non-hydrogen) atoms. The highest BCUT2D eigenvalue weighted by atomic mass is 35.5. The standard InChI is InChI=1S/C15H11ClFNO3/c1-8-5-6-9(17)7-10(8)14(19)18-12-4-2-3-11(16)13(12)15(20)21/h2-7H,1H3,(H,18,19)(H,20,21). The molecule has 0 saturated carbocycles. The van der Waals surface area contributed by atoms with Crippen LogP contribution in [0.2, 0.25) is 5.02 Å². The summed E-state index contributed by atoms with van der Waals surface area (Å²) in [6, 6.07) is 8.16. The quantitative estimate of drug-likeness (QED) is 0.907. The first kappa shape index (κ1) is 15.0. The normalized spacial score (nSPS) is 10.2. The van der Waals surface area contributed by atoms with Gasteiger partial charge in [0.05, 0.1) is 10.7 Å². The molecule has 0 saturated heterocycles. The number of halogens is 2. The minimum Gasteiger partial charge on any atom is -0.478 e. The number of amides is 1. The van der Waals surface area contributed by atoms with Crippen molar-refractivity contribution >= 4 is 29.2 Å². The van der Waals surface area contributed by atoms with Gasteiger partial charge in [-0.2, -0.15) is 0 Å². The molecule has 0 bridgehead atoms. The van der Waals surface area contributed by atoms with Crippen LogP contribution in [0.4, 0.5) is 10.1 Å². The summed E-state index contributed by atoms with van der Waals surface area (Å²) in [5.41, 5.74) is 0.560. The number of nitrogens with one attached hydrogen (secondary N) is 1. The third-order valence-corrected chi connectivity index (χ3v) is 3.23. The third-order valence-electron chi connectivity index (χ3n) is 2.92. The Labute approximate surface area is 125 Å². The van der Waals surface area contributed by atoms with Gasteiger partial charge in [0.1, 0.15) is 11.4 Å². The van der Waals surface area contributed by atoms with Gasteiger partial charge in [0.2, 0.25) is 0 Å². The summed E-state index contributed by atoms with van der Waals surface area (Å²) in [6.45, 7) is 1.66. The highest BCUT2D eigenvalue weighted by molar-refractivity contribution is 6.34. The van der Waals surface area contributed by atoms with Crippen molar-refractivity contribution in [1.82, 2.24) is 0 Å². The van der Waals surface area contributed by atoms with Gasteiger partial charge >= 0.3 is 5.97 Å². The Balaban J connectivity index is 2.39. The molecule has 0 fully saturated rings. The minimum absolute atomic E-state index is 0.0104. The molecule has 2 rings (SSSR count). The van der Waals surface area contributed by atoms with Gasteiger partial charge in [-0.3, -0.25) is 4.79 Å². The van der Waals surface area contributed by atoms with Crippen LogP contribution in [0.1, 0.15) is 26.3 Å². The summed E-state index contributed by atoms with van der Waals surface area (Å²) in [5.74, 6) is -2.40. The molecule has 0 heterocycles. The van der Waals surface area contributed by atoms with Gasteiger partial charge in [-0.05, 0) is 36.8 Å². The first-order valence-corrected chi connectivity index (χ1v) is 6.37. The molecule has 0 atom stereocenters. The second kappa shape index (κ2) is 5.93. The monoisotopic (exact) mass is 307 g/mol. The predicted molar refractivity (Wildman–Crippen MR) is 77.5 cm³/mol. The average Bonchev–Trinajstić information content (AvgIpc) is 2.41. The number of carbonyl (C=O) groups is 2. The highest BCUT2D eigenvalue weighted by Gasteiger charge is 2.18. The molecule has 2 aromatic carbocycles. The molecular weight excluding hydrogens is 297 g/mol. The second-order valence-corrected chi connectivity index (χ2v) is 4.79. The minimum atomic E-state index is -1.26. The molecule has 0 radical (unpaired) electrons. The van der Waals surface area contributed by atoms with Gasteiger partial charge in [-0.15, -0.1) is 0 Å². The van der Waals surface area contributed by atoms with E-state index in [9.17, 15) is 14.0 Å². The third kappa shape index (κ3) is 3.20. The van der Waals surface area contributed by atoms with Gasteiger partial charge < -0.3 is 10.4 Å². The lowest BCUT2D eigenvalue weighted by Crippen LogP contribution is -2.16. The van der Waals surface area contributed by atoms with Crippen LogP contribution in [0.15, 0.2) is 36.4 Å². The van der Waals surface area contributed by atoms with Crippen LogP contribution in [0, 0.1) is 12.7 Å². The van der Waals surface area contributed by atoms with Crippen molar-refractivity contribution in [2.24, 2.45) is 0 Å². The van der Waals surface area contributed by atoms with Crippen LogP contribution in [0.3, 0.4) is 0 Å². The fourth-order valence-electron chi connectivity index (χ4n) is 1.87. The molecule has 0 aliphatic heterocycles. The Morgan fingerprint density at radius 2 is 1.95 bits per heavy atom. The topological polar surface area (TPSA) is 66.4 Å². The molecule has 6 heteroatoms. The van der Waals surface area contributed by atoms with Crippen LogP contribution in [0.5, 0.6) is 0 Å². The summed E-state index contributed by atoms with van der Waals surface area (Å²) in [5, 5.41) is 11.6. The molecule has 2 N–H and O–H groups in total. The molecular formula is C15H11ClFNO3. The molecule has 0 unspecified atom stereocenters. The van der Waals surface area contributed by atoms with Crippen LogP contribution in [-0.2, 0) is 0 Å². The van der Waals surface area contributed by atoms with E-state index < -0.39 is 17.7 Å². The number of rotatable bonds is 3. The van der Waals surface area contributed by atoms with E-state index >= 15 is 0 Å². The smallest absolute Gasteiger partial charge is 0.339 e. The number of hydrogen-bond donors (Lipinski definition) is 2. The number of carboxylic acid groups (broad SMARTS) is 1. The van der Waals surface area contributed by atoms with E-state index in [0.717, 1.165) is 6.07 Å². The van der Waals surface area contributed by atoms with Crippen molar-refractivity contribution in [3.8, 4) is 0 Å². The van der Waals surface area contributed by atoms with E-state index in [1.807, 2.05) is 0 Å². The van der Waals surface area contributed by atoms with Gasteiger partial charge in [-0.1, -0.05) is 23.7 Å². The van der Waals surface area contributed by atoms with E-state index in [0.29, 0.717) is 5.56 Å². The van der Waals surface area contributed by atoms with E-state index in [4.69, 9.17) is 16.7 Å². The summed E-state index contributed by atoms with van der Waals surface area (Å²) >= 11 is 5.82. The zero-order valence-corrected chi connectivity index (χ0v) is 11.7. The first-order chi connectivity index (χ1) is 9.90. The molecule has 0 aliphatic rings. The second-order valence-electron chi connectivity index (χ2n) is 4.38. The Morgan fingerprint density at radius 3 is 2.62 bits per heavy atom. The lowest BCUT2D eigenvalue weighted by atomic mass is 10.1. The maximum atomic E-state index is 13.2. The number of benzene rings is 2. The first-order valence-electron chi connectivity index (χ1n) is 5.99. The summed E-state index contributed by atoms with van der Waals surface area (Å²) in [7, 11) is 0. The Bertz CT molecular complexity index is 731. The van der Waals surface area contributed by atoms with E-state index in [1.54, 1.807) is 6.92 Å². The van der Waals surface area contributed by atoms with Crippen molar-refractivity contribution in [1.29, 1.82) is 0 Å². The molecule has 0 aliphatic carbocycles. The van der Waals surface area contributed by atoms with Crippen molar-refractivity contribution in [2.45, 2.75) is 6.92 Å². The van der Waals surface area contributed by atoms with Crippen LogP contribution in [-0.4, -0.2) is 17.0 Å². The Hall–Kier alpha value is -2.40. The van der Waals surface area contributed by atoms with Crippen LogP contribution in [0.25, 0.3) is 0 Å². The van der Waals surface area contributed by atoms with Crippen LogP contribution >= 0.6 is 11.6 Å². The number of carbonyl (C=O) groups excluding carboxylic acids is 1. The maximum absolute atomic E-state index is 13.2. The summed E-state index contributed by atoms with van der Waals surface area (Å²) in [4.78, 5) is 23.3. The number of aryl methyl sites for hydroxylation is 1. The average molecular weight is 308 g/mol. The van der Waals surface area contributed by atoms with Gasteiger partial charge in [0.15, 0.2) is 0 Å². The van der Waals surface area contributed by atoms with Gasteiger partial charge in [0, 0.05) is 5.56 Å². The molecule has 4 nitrogen and oxygen atoms in total. The van der Waals surface area contributed by atoms with Crippen molar-refractivity contribution in [2.75, 3.05) is 5.32 Å². The molecule has 0 spiro atoms. The summed E-state index contributed by atoms with van der Waals surface area (Å²) in [6.07, 6.45) is 0. The van der Waals surface area contributed by atoms with Crippen molar-refractivity contribution in [3.05, 3.63) is 63.9 Å². The Kier molecular flexibility index (Phi) is 4.23. The Morgan fingerprint density at radius 1 is 1.24 bits per heavy atom. The van der Waals surface area contributed by atoms with Gasteiger partial charge in [-0.25, -0.2) is 9.18 Å². The van der Waals surface area contributed by atoms with Crippen molar-refractivity contribution in [3.63, 3.8) is 0 Å². The molecule has 2 aromatic rings. The molecule has 1 amide bonds. The SMILES string of the molecule is Cc1ccc(F)cc1C(=O)Nc1cccc(Cl)c1C(=O)O. The fraction of sp³-hybridized carbons (Fsp3) is 0.0667. The summed E-state index contributed by atoms with van der Waals surface area (Å²) < 4.78 is 13.2. The zero-order chi connectivity index (χ0) is 15.6. The van der Waals surface area contributed by atoms with E-state index in [-0.39, 0.29) is 21.8 Å². The van der Waals surface area contributed by atoms with Gasteiger partial charge in [0.25, 0.3) is 5.91 Å². The number of hydrogen-bond acceptors (Lipinski definition) is 2. The highest BCUT2D eigenvalue weighted by Crippen LogP contribution is 2.25. The largest absolute Gasteiger partial charge is 0.478 e. The molecule has 108 valence electrons. The zero-order valence-electron chi connectivity index (χ0n) is 11.0. The lowest BCUT2D eigenvalue weighted by Gasteiger charge is -2.11.